The van der Waals surface area contributed by atoms with Crippen LogP contribution in [0.25, 0.3) is 0 Å². The van der Waals surface area contributed by atoms with Crippen molar-refractivity contribution in [3.8, 4) is 0 Å². The van der Waals surface area contributed by atoms with Crippen molar-refractivity contribution in [3.05, 3.63) is 168 Å². The molecule has 2 aliphatic rings. The monoisotopic (exact) mass is 1210 g/mol. The third-order valence-electron chi connectivity index (χ3n) is 16.8. The molecule has 0 spiro atoms. The second kappa shape index (κ2) is 44.5. The highest BCUT2D eigenvalue weighted by atomic mass is 16.8. The fourth-order valence-electron chi connectivity index (χ4n) is 11.5. The van der Waals surface area contributed by atoms with E-state index in [1.165, 1.54) is 148 Å². The lowest BCUT2D eigenvalue weighted by Crippen LogP contribution is -2.64. The zero-order valence-electron chi connectivity index (χ0n) is 53.5. The molecular weight excluding hydrogens is 1100 g/mol. The summed E-state index contributed by atoms with van der Waals surface area (Å²) in [5, 5.41) is 3.20. The summed E-state index contributed by atoms with van der Waals surface area (Å²) in [4.78, 5) is 56.6. The standard InChI is InChI=1S/C76H107NO11/c1-3-5-7-9-11-13-15-17-18-19-20-21-22-23-24-26-28-30-32-34-48-58-68(78)77-65(66(84-72(79)61-49-39-35-40-50-61)57-47-33-31-29-27-25-16-14-12-10-8-6-4-2)59-82-76-71(87-74(81)63-53-43-37-44-54-63)70(86-73(80)62-51-41-36-42-52-62)69-67(85-76)60-83-75(88-69)64-55-45-38-46-56-64/h17-18,35-47,49-57,65-67,69-71,75-76H,3-16,19-34,48,58-60H2,1-2H3,(H,77,78)/b18-17+,57-47+/t65-,66+,67+,69+,70-,71+,75?,76-/m0/s1. The number of benzene rings is 4. The number of hydrogen-bond donors (Lipinski definition) is 1. The van der Waals surface area contributed by atoms with Crippen molar-refractivity contribution in [1.29, 1.82) is 0 Å². The Morgan fingerprint density at radius 2 is 0.886 bits per heavy atom. The van der Waals surface area contributed by atoms with Gasteiger partial charge in [-0.1, -0.05) is 271 Å². The number of carbonyl (C=O) groups is 4. The third kappa shape index (κ3) is 27.9. The molecule has 2 aliphatic heterocycles. The average Bonchev–Trinajstić information content (AvgIpc) is 1.26. The number of allylic oxidation sites excluding steroid dienone is 3. The van der Waals surface area contributed by atoms with E-state index in [9.17, 15) is 19.2 Å². The fourth-order valence-corrected chi connectivity index (χ4v) is 11.5. The SMILES string of the molecule is CCCCCCCC/C=C/CCCCCCCCCCCCCC(=O)N[C@@H](CO[C@H]1O[C@@H]2COC(c3ccccc3)O[C@H]2[C@H](OC(=O)c2ccccc2)[C@H]1OC(=O)c1ccccc1)[C@@H](/C=C/CCCCCCCCCCCCC)OC(=O)c1ccccc1. The van der Waals surface area contributed by atoms with Gasteiger partial charge in [-0.15, -0.1) is 0 Å². The summed E-state index contributed by atoms with van der Waals surface area (Å²) in [5.41, 5.74) is 1.63. The molecule has 4 aromatic rings. The molecule has 1 unspecified atom stereocenters. The first-order valence-electron chi connectivity index (χ1n) is 34.3. The molecule has 2 heterocycles. The maximum Gasteiger partial charge on any atom is 0.338 e. The minimum atomic E-state index is -1.40. The van der Waals surface area contributed by atoms with Gasteiger partial charge in [0, 0.05) is 12.0 Å². The van der Waals surface area contributed by atoms with E-state index in [2.05, 4.69) is 31.3 Å². The van der Waals surface area contributed by atoms with Crippen molar-refractivity contribution in [2.75, 3.05) is 13.2 Å². The molecule has 0 bridgehead atoms. The lowest BCUT2D eigenvalue weighted by Gasteiger charge is -2.48. The first kappa shape index (κ1) is 71.2. The van der Waals surface area contributed by atoms with Crippen LogP contribution < -0.4 is 5.32 Å². The van der Waals surface area contributed by atoms with E-state index in [4.69, 9.17) is 33.2 Å². The highest BCUT2D eigenvalue weighted by Gasteiger charge is 2.55. The number of amides is 1. The molecule has 12 nitrogen and oxygen atoms in total. The molecule has 1 N–H and O–H groups in total. The summed E-state index contributed by atoms with van der Waals surface area (Å²) in [6, 6.07) is 34.3. The van der Waals surface area contributed by atoms with E-state index in [1.807, 2.05) is 48.6 Å². The molecule has 1 amide bonds. The van der Waals surface area contributed by atoms with E-state index in [1.54, 1.807) is 84.9 Å². The maximum atomic E-state index is 14.2. The highest BCUT2D eigenvalue weighted by Crippen LogP contribution is 2.38. The van der Waals surface area contributed by atoms with Crippen LogP contribution in [0.15, 0.2) is 146 Å². The molecule has 12 heteroatoms. The highest BCUT2D eigenvalue weighted by molar-refractivity contribution is 5.91. The molecule has 4 aromatic carbocycles. The average molecular weight is 1210 g/mol. The van der Waals surface area contributed by atoms with Gasteiger partial charge in [0.1, 0.15) is 18.3 Å². The summed E-state index contributed by atoms with van der Waals surface area (Å²) in [6.07, 6.45) is 38.6. The fraction of sp³-hybridized carbons (Fsp3) is 0.579. The predicted molar refractivity (Wildman–Crippen MR) is 351 cm³/mol. The van der Waals surface area contributed by atoms with Crippen LogP contribution in [0, 0.1) is 0 Å². The summed E-state index contributed by atoms with van der Waals surface area (Å²) in [7, 11) is 0. The molecule has 6 rings (SSSR count). The lowest BCUT2D eigenvalue weighted by molar-refractivity contribution is -0.360. The molecule has 0 aliphatic carbocycles. The Morgan fingerprint density at radius 3 is 1.36 bits per heavy atom. The number of rotatable bonds is 46. The minimum Gasteiger partial charge on any atom is -0.452 e. The second-order valence-electron chi connectivity index (χ2n) is 24.1. The van der Waals surface area contributed by atoms with E-state index in [0.717, 1.165) is 50.5 Å². The van der Waals surface area contributed by atoms with Crippen LogP contribution in [-0.2, 0) is 38.0 Å². The zero-order valence-corrected chi connectivity index (χ0v) is 53.5. The van der Waals surface area contributed by atoms with Crippen molar-refractivity contribution in [3.63, 3.8) is 0 Å². The molecule has 482 valence electrons. The van der Waals surface area contributed by atoms with Gasteiger partial charge < -0.3 is 38.5 Å². The van der Waals surface area contributed by atoms with Crippen molar-refractivity contribution in [2.24, 2.45) is 0 Å². The van der Waals surface area contributed by atoms with Gasteiger partial charge in [-0.3, -0.25) is 4.79 Å². The first-order chi connectivity index (χ1) is 43.3. The van der Waals surface area contributed by atoms with Crippen LogP contribution in [0.1, 0.15) is 262 Å². The third-order valence-corrected chi connectivity index (χ3v) is 16.8. The van der Waals surface area contributed by atoms with Crippen molar-refractivity contribution in [1.82, 2.24) is 5.32 Å². The van der Waals surface area contributed by atoms with Crippen molar-refractivity contribution >= 4 is 23.8 Å². The molecule has 0 aromatic heterocycles. The number of carbonyl (C=O) groups excluding carboxylic acids is 4. The molecule has 0 radical (unpaired) electrons. The summed E-state index contributed by atoms with van der Waals surface area (Å²) < 4.78 is 45.5. The van der Waals surface area contributed by atoms with E-state index >= 15 is 0 Å². The summed E-state index contributed by atoms with van der Waals surface area (Å²) >= 11 is 0. The summed E-state index contributed by atoms with van der Waals surface area (Å²) in [5.74, 6) is -2.15. The normalized spacial score (nSPS) is 19.0. The molecule has 8 atom stereocenters. The Kier molecular flexibility index (Phi) is 36.0. The van der Waals surface area contributed by atoms with Gasteiger partial charge in [-0.2, -0.15) is 0 Å². The Balaban J connectivity index is 1.13. The van der Waals surface area contributed by atoms with E-state index in [-0.39, 0.29) is 36.7 Å². The molecule has 2 saturated heterocycles. The van der Waals surface area contributed by atoms with Gasteiger partial charge in [0.2, 0.25) is 5.91 Å². The van der Waals surface area contributed by atoms with Crippen LogP contribution in [0.4, 0.5) is 0 Å². The molecule has 88 heavy (non-hydrogen) atoms. The smallest absolute Gasteiger partial charge is 0.338 e. The zero-order chi connectivity index (χ0) is 61.9. The topological polar surface area (TPSA) is 145 Å². The number of ether oxygens (including phenoxy) is 7. The van der Waals surface area contributed by atoms with Gasteiger partial charge in [-0.05, 0) is 87.4 Å². The first-order valence-corrected chi connectivity index (χ1v) is 34.3. The van der Waals surface area contributed by atoms with Gasteiger partial charge in [0.25, 0.3) is 0 Å². The van der Waals surface area contributed by atoms with Gasteiger partial charge in [0.15, 0.2) is 24.8 Å². The van der Waals surface area contributed by atoms with Crippen molar-refractivity contribution in [2.45, 2.75) is 268 Å². The Hall–Kier alpha value is -5.92. The minimum absolute atomic E-state index is 0.0137. The van der Waals surface area contributed by atoms with E-state index < -0.39 is 67.0 Å². The van der Waals surface area contributed by atoms with Crippen LogP contribution in [-0.4, -0.2) is 79.9 Å². The van der Waals surface area contributed by atoms with Crippen molar-refractivity contribution < 1.29 is 52.3 Å². The number of unbranched alkanes of at least 4 members (excludes halogenated alkanes) is 28. The number of fused-ring (bicyclic) bond motifs is 1. The predicted octanol–water partition coefficient (Wildman–Crippen LogP) is 18.6. The van der Waals surface area contributed by atoms with Gasteiger partial charge >= 0.3 is 17.9 Å². The number of esters is 3. The molecule has 0 saturated carbocycles. The molecule has 2 fully saturated rings. The second-order valence-corrected chi connectivity index (χ2v) is 24.1. The maximum absolute atomic E-state index is 14.2. The Labute approximate surface area is 528 Å². The summed E-state index contributed by atoms with van der Waals surface area (Å²) in [6.45, 7) is 4.28. The van der Waals surface area contributed by atoms with Gasteiger partial charge in [-0.25, -0.2) is 14.4 Å². The number of nitrogens with one attached hydrogen (secondary N) is 1. The Bertz CT molecular complexity index is 2520. The molecular formula is C76H107NO11. The lowest BCUT2D eigenvalue weighted by atomic mass is 9.96. The van der Waals surface area contributed by atoms with Gasteiger partial charge in [0.05, 0.1) is 35.9 Å². The Morgan fingerprint density at radius 1 is 0.477 bits per heavy atom. The quantitative estimate of drug-likeness (QED) is 0.0195. The number of hydrogen-bond acceptors (Lipinski definition) is 11. The van der Waals surface area contributed by atoms with Crippen LogP contribution in [0.3, 0.4) is 0 Å². The van der Waals surface area contributed by atoms with E-state index in [0.29, 0.717) is 12.0 Å². The van der Waals surface area contributed by atoms with Crippen LogP contribution >= 0.6 is 0 Å². The van der Waals surface area contributed by atoms with Crippen LogP contribution in [0.2, 0.25) is 0 Å². The largest absolute Gasteiger partial charge is 0.452 e. The van der Waals surface area contributed by atoms with Crippen LogP contribution in [0.5, 0.6) is 0 Å².